The Balaban J connectivity index is 2.17. The number of carbonyl (C=O) groups is 1. The first kappa shape index (κ1) is 9.08. The fourth-order valence-electron chi connectivity index (χ4n) is 1.42. The van der Waals surface area contributed by atoms with Crippen LogP contribution < -0.4 is 5.73 Å². The number of ketones is 1. The van der Waals surface area contributed by atoms with Crippen LogP contribution in [-0.2, 0) is 9.53 Å². The zero-order valence-electron chi connectivity index (χ0n) is 7.64. The summed E-state index contributed by atoms with van der Waals surface area (Å²) >= 11 is 0. The molecule has 2 heterocycles. The molecule has 1 fully saturated rings. The Morgan fingerprint density at radius 3 is 3.07 bits per heavy atom. The summed E-state index contributed by atoms with van der Waals surface area (Å²) in [4.78, 5) is 19.1. The molecular weight excluding hydrogens is 182 g/mol. The Bertz CT molecular complexity index is 354. The molecule has 14 heavy (non-hydrogen) atoms. The first-order valence-electron chi connectivity index (χ1n) is 4.46. The number of nitrogen functional groups attached to an aromatic ring is 1. The van der Waals surface area contributed by atoms with Crippen molar-refractivity contribution in [2.24, 2.45) is 0 Å². The highest BCUT2D eigenvalue weighted by molar-refractivity contribution is 5.79. The summed E-state index contributed by atoms with van der Waals surface area (Å²) in [6.07, 6.45) is 3.64. The van der Waals surface area contributed by atoms with Crippen LogP contribution in [0.2, 0.25) is 0 Å². The highest BCUT2D eigenvalue weighted by Gasteiger charge is 2.22. The SMILES string of the molecule is Nc1cncc(C2CC(=O)CCO2)n1. The average molecular weight is 193 g/mol. The molecule has 2 rings (SSSR count). The molecule has 0 bridgehead atoms. The topological polar surface area (TPSA) is 78.1 Å². The monoisotopic (exact) mass is 193 g/mol. The Morgan fingerprint density at radius 2 is 2.36 bits per heavy atom. The molecule has 5 nitrogen and oxygen atoms in total. The van der Waals surface area contributed by atoms with Crippen LogP contribution in [0.15, 0.2) is 12.4 Å². The third-order valence-corrected chi connectivity index (χ3v) is 2.11. The van der Waals surface area contributed by atoms with Crippen molar-refractivity contribution >= 4 is 11.6 Å². The third kappa shape index (κ3) is 1.88. The second kappa shape index (κ2) is 3.71. The molecule has 5 heteroatoms. The highest BCUT2D eigenvalue weighted by atomic mass is 16.5. The van der Waals surface area contributed by atoms with E-state index in [0.717, 1.165) is 0 Å². The maximum absolute atomic E-state index is 11.2. The fraction of sp³-hybridized carbons (Fsp3) is 0.444. The van der Waals surface area contributed by atoms with Gasteiger partial charge >= 0.3 is 0 Å². The lowest BCUT2D eigenvalue weighted by Crippen LogP contribution is -2.20. The molecule has 1 saturated heterocycles. The largest absolute Gasteiger partial charge is 0.382 e. The van der Waals surface area contributed by atoms with Crippen LogP contribution in [0.3, 0.4) is 0 Å². The van der Waals surface area contributed by atoms with E-state index in [1.165, 1.54) is 6.20 Å². The molecule has 1 aromatic rings. The quantitative estimate of drug-likeness (QED) is 0.701. The lowest BCUT2D eigenvalue weighted by molar-refractivity contribution is -0.128. The van der Waals surface area contributed by atoms with Crippen LogP contribution in [0, 0.1) is 0 Å². The molecular formula is C9H11N3O2. The molecule has 1 unspecified atom stereocenters. The number of nitrogens with two attached hydrogens (primary N) is 1. The summed E-state index contributed by atoms with van der Waals surface area (Å²) in [5, 5.41) is 0. The van der Waals surface area contributed by atoms with Crippen molar-refractivity contribution in [3.63, 3.8) is 0 Å². The molecule has 1 aliphatic rings. The number of hydrogen-bond acceptors (Lipinski definition) is 5. The minimum atomic E-state index is -0.271. The summed E-state index contributed by atoms with van der Waals surface area (Å²) in [6.45, 7) is 0.458. The number of hydrogen-bond donors (Lipinski definition) is 1. The van der Waals surface area contributed by atoms with Crippen LogP contribution in [0.25, 0.3) is 0 Å². The molecule has 1 aromatic heterocycles. The fourth-order valence-corrected chi connectivity index (χ4v) is 1.42. The summed E-state index contributed by atoms with van der Waals surface area (Å²) in [5.74, 6) is 0.551. The van der Waals surface area contributed by atoms with Crippen LogP contribution in [-0.4, -0.2) is 22.4 Å². The molecule has 1 atom stereocenters. The molecule has 0 radical (unpaired) electrons. The third-order valence-electron chi connectivity index (χ3n) is 2.11. The van der Waals surface area contributed by atoms with Gasteiger partial charge in [0.1, 0.15) is 17.7 Å². The Hall–Kier alpha value is -1.49. The zero-order valence-corrected chi connectivity index (χ0v) is 7.64. The van der Waals surface area contributed by atoms with Crippen molar-refractivity contribution < 1.29 is 9.53 Å². The Morgan fingerprint density at radius 1 is 1.50 bits per heavy atom. The first-order valence-corrected chi connectivity index (χ1v) is 4.46. The molecule has 2 N–H and O–H groups in total. The summed E-state index contributed by atoms with van der Waals surface area (Å²) in [7, 11) is 0. The second-order valence-corrected chi connectivity index (χ2v) is 3.22. The van der Waals surface area contributed by atoms with Gasteiger partial charge in [0.15, 0.2) is 0 Å². The maximum Gasteiger partial charge on any atom is 0.142 e. The van der Waals surface area contributed by atoms with E-state index < -0.39 is 0 Å². The van der Waals surface area contributed by atoms with E-state index in [0.29, 0.717) is 31.0 Å². The number of aromatic nitrogens is 2. The predicted molar refractivity (Wildman–Crippen MR) is 49.4 cm³/mol. The van der Waals surface area contributed by atoms with Crippen molar-refractivity contribution in [2.45, 2.75) is 18.9 Å². The van der Waals surface area contributed by atoms with E-state index in [-0.39, 0.29) is 11.9 Å². The normalized spacial score (nSPS) is 22.3. The zero-order chi connectivity index (χ0) is 9.97. The standard InChI is InChI=1S/C9H11N3O2/c10-9-5-11-4-7(12-9)8-3-6(13)1-2-14-8/h4-5,8H,1-3H2,(H2,10,12). The second-order valence-electron chi connectivity index (χ2n) is 3.22. The van der Waals surface area contributed by atoms with E-state index in [2.05, 4.69) is 9.97 Å². The van der Waals surface area contributed by atoms with E-state index in [9.17, 15) is 4.79 Å². The number of ether oxygens (including phenoxy) is 1. The van der Waals surface area contributed by atoms with Crippen LogP contribution in [0.5, 0.6) is 0 Å². The van der Waals surface area contributed by atoms with Crippen molar-refractivity contribution in [3.8, 4) is 0 Å². The highest BCUT2D eigenvalue weighted by Crippen LogP contribution is 2.24. The predicted octanol–water partition coefficient (Wildman–Crippen LogP) is 0.479. The maximum atomic E-state index is 11.2. The van der Waals surface area contributed by atoms with Gasteiger partial charge in [-0.3, -0.25) is 9.78 Å². The van der Waals surface area contributed by atoms with Crippen LogP contribution >= 0.6 is 0 Å². The van der Waals surface area contributed by atoms with Crippen LogP contribution in [0.4, 0.5) is 5.82 Å². The van der Waals surface area contributed by atoms with Crippen LogP contribution in [0.1, 0.15) is 24.6 Å². The van der Waals surface area contributed by atoms with E-state index in [1.807, 2.05) is 0 Å². The molecule has 0 aromatic carbocycles. The molecule has 0 saturated carbocycles. The summed E-state index contributed by atoms with van der Waals surface area (Å²) in [5.41, 5.74) is 6.12. The van der Waals surface area contributed by atoms with Gasteiger partial charge < -0.3 is 10.5 Å². The number of Topliss-reactive ketones (excluding diaryl/α,β-unsaturated/α-hetero) is 1. The van der Waals surface area contributed by atoms with Crippen molar-refractivity contribution in [1.29, 1.82) is 0 Å². The minimum absolute atomic E-state index is 0.200. The summed E-state index contributed by atoms with van der Waals surface area (Å²) in [6, 6.07) is 0. The average Bonchev–Trinajstić information content (AvgIpc) is 2.18. The van der Waals surface area contributed by atoms with Gasteiger partial charge in [-0.25, -0.2) is 4.98 Å². The lowest BCUT2D eigenvalue weighted by Gasteiger charge is -2.20. The van der Waals surface area contributed by atoms with Gasteiger partial charge in [0, 0.05) is 12.8 Å². The van der Waals surface area contributed by atoms with Crippen molar-refractivity contribution in [2.75, 3.05) is 12.3 Å². The van der Waals surface area contributed by atoms with E-state index >= 15 is 0 Å². The van der Waals surface area contributed by atoms with Gasteiger partial charge in [0.2, 0.25) is 0 Å². The first-order chi connectivity index (χ1) is 6.75. The van der Waals surface area contributed by atoms with Gasteiger partial charge in [-0.05, 0) is 0 Å². The van der Waals surface area contributed by atoms with Gasteiger partial charge in [-0.1, -0.05) is 0 Å². The lowest BCUT2D eigenvalue weighted by atomic mass is 10.1. The van der Waals surface area contributed by atoms with Crippen molar-refractivity contribution in [1.82, 2.24) is 9.97 Å². The Kier molecular flexibility index (Phi) is 2.41. The molecule has 1 aliphatic heterocycles. The van der Waals surface area contributed by atoms with E-state index in [1.54, 1.807) is 6.20 Å². The minimum Gasteiger partial charge on any atom is -0.382 e. The molecule has 0 aliphatic carbocycles. The number of nitrogens with zero attached hydrogens (tertiary/aromatic N) is 2. The number of rotatable bonds is 1. The van der Waals surface area contributed by atoms with Gasteiger partial charge in [0.25, 0.3) is 0 Å². The van der Waals surface area contributed by atoms with Crippen molar-refractivity contribution in [3.05, 3.63) is 18.1 Å². The Labute approximate surface area is 81.3 Å². The number of carbonyl (C=O) groups excluding carboxylic acids is 1. The summed E-state index contributed by atoms with van der Waals surface area (Å²) < 4.78 is 5.41. The van der Waals surface area contributed by atoms with Gasteiger partial charge in [0.05, 0.1) is 24.7 Å². The van der Waals surface area contributed by atoms with E-state index in [4.69, 9.17) is 10.5 Å². The van der Waals surface area contributed by atoms with Gasteiger partial charge in [-0.2, -0.15) is 0 Å². The number of anilines is 1. The molecule has 0 amide bonds. The van der Waals surface area contributed by atoms with Gasteiger partial charge in [-0.15, -0.1) is 0 Å². The molecule has 74 valence electrons. The molecule has 0 spiro atoms. The smallest absolute Gasteiger partial charge is 0.142 e.